The SMILES string of the molecule is C=Cc1cccc(C(C(=O)NCc2ccccc2)N(C(=O)C(NC(=O)OC(C)(C)C)C(C)CC)C(C)CC)c1. The molecule has 0 fully saturated rings. The zero-order valence-corrected chi connectivity index (χ0v) is 24.5. The topological polar surface area (TPSA) is 87.7 Å². The molecule has 0 aromatic heterocycles. The van der Waals surface area contributed by atoms with Gasteiger partial charge in [0.05, 0.1) is 0 Å². The summed E-state index contributed by atoms with van der Waals surface area (Å²) in [5.41, 5.74) is 1.76. The van der Waals surface area contributed by atoms with Crippen molar-refractivity contribution >= 4 is 24.0 Å². The molecule has 2 aromatic rings. The molecule has 2 rings (SSSR count). The fourth-order valence-electron chi connectivity index (χ4n) is 4.25. The maximum absolute atomic E-state index is 14.3. The van der Waals surface area contributed by atoms with Crippen molar-refractivity contribution in [1.82, 2.24) is 15.5 Å². The minimum Gasteiger partial charge on any atom is -0.444 e. The fourth-order valence-corrected chi connectivity index (χ4v) is 4.25. The van der Waals surface area contributed by atoms with Crippen molar-refractivity contribution in [2.45, 2.75) is 91.6 Å². The first-order valence-electron chi connectivity index (χ1n) is 13.8. The van der Waals surface area contributed by atoms with Crippen LogP contribution in [0.25, 0.3) is 6.08 Å². The highest BCUT2D eigenvalue weighted by atomic mass is 16.6. The van der Waals surface area contributed by atoms with Crippen molar-refractivity contribution in [2.75, 3.05) is 0 Å². The summed E-state index contributed by atoms with van der Waals surface area (Å²) in [7, 11) is 0. The largest absolute Gasteiger partial charge is 0.444 e. The van der Waals surface area contributed by atoms with E-state index in [2.05, 4.69) is 17.2 Å². The summed E-state index contributed by atoms with van der Waals surface area (Å²) in [5.74, 6) is -0.813. The van der Waals surface area contributed by atoms with Crippen molar-refractivity contribution in [3.63, 3.8) is 0 Å². The number of amides is 3. The van der Waals surface area contributed by atoms with Crippen LogP contribution in [0.5, 0.6) is 0 Å². The number of ether oxygens (including phenoxy) is 1. The van der Waals surface area contributed by atoms with E-state index >= 15 is 0 Å². The molecule has 0 spiro atoms. The maximum Gasteiger partial charge on any atom is 0.408 e. The third-order valence-electron chi connectivity index (χ3n) is 6.77. The summed E-state index contributed by atoms with van der Waals surface area (Å²) in [6.07, 6.45) is 2.32. The van der Waals surface area contributed by atoms with Gasteiger partial charge >= 0.3 is 6.09 Å². The summed E-state index contributed by atoms with van der Waals surface area (Å²) in [4.78, 5) is 42.7. The van der Waals surface area contributed by atoms with Crippen LogP contribution in [0.3, 0.4) is 0 Å². The smallest absolute Gasteiger partial charge is 0.408 e. The predicted octanol–water partition coefficient (Wildman–Crippen LogP) is 6.25. The Hall–Kier alpha value is -3.61. The van der Waals surface area contributed by atoms with Crippen molar-refractivity contribution < 1.29 is 19.1 Å². The van der Waals surface area contributed by atoms with Gasteiger partial charge in [-0.15, -0.1) is 0 Å². The molecule has 2 aromatic carbocycles. The fraction of sp³-hybridized carbons (Fsp3) is 0.469. The lowest BCUT2D eigenvalue weighted by molar-refractivity contribution is -0.146. The van der Waals surface area contributed by atoms with Crippen LogP contribution in [-0.2, 0) is 20.9 Å². The molecule has 7 nitrogen and oxygen atoms in total. The molecule has 7 heteroatoms. The van der Waals surface area contributed by atoms with Gasteiger partial charge in [-0.25, -0.2) is 4.79 Å². The van der Waals surface area contributed by atoms with Gasteiger partial charge < -0.3 is 20.3 Å². The Morgan fingerprint density at radius 2 is 1.67 bits per heavy atom. The van der Waals surface area contributed by atoms with Crippen LogP contribution in [0, 0.1) is 5.92 Å². The second kappa shape index (κ2) is 14.5. The number of nitrogens with zero attached hydrogens (tertiary/aromatic N) is 1. The van der Waals surface area contributed by atoms with Crippen molar-refractivity contribution in [3.05, 3.63) is 77.9 Å². The highest BCUT2D eigenvalue weighted by Gasteiger charge is 2.40. The van der Waals surface area contributed by atoms with Gasteiger partial charge in [0.25, 0.3) is 0 Å². The molecule has 0 saturated carbocycles. The minimum atomic E-state index is -0.914. The number of carbonyl (C=O) groups is 3. The average Bonchev–Trinajstić information content (AvgIpc) is 2.91. The van der Waals surface area contributed by atoms with E-state index in [1.54, 1.807) is 31.7 Å². The number of rotatable bonds is 12. The molecule has 0 aliphatic heterocycles. The summed E-state index contributed by atoms with van der Waals surface area (Å²) in [6.45, 7) is 17.3. The van der Waals surface area contributed by atoms with Gasteiger partial charge in [-0.05, 0) is 62.8 Å². The van der Waals surface area contributed by atoms with Crippen LogP contribution < -0.4 is 10.6 Å². The molecular weight excluding hydrogens is 490 g/mol. The Morgan fingerprint density at radius 1 is 1.00 bits per heavy atom. The van der Waals surface area contributed by atoms with Crippen molar-refractivity contribution in [3.8, 4) is 0 Å². The van der Waals surface area contributed by atoms with E-state index in [1.807, 2.05) is 82.3 Å². The molecule has 2 N–H and O–H groups in total. The Bertz CT molecular complexity index is 1110. The van der Waals surface area contributed by atoms with Crippen LogP contribution >= 0.6 is 0 Å². The van der Waals surface area contributed by atoms with Gasteiger partial charge in [-0.3, -0.25) is 9.59 Å². The number of hydrogen-bond donors (Lipinski definition) is 2. The highest BCUT2D eigenvalue weighted by Crippen LogP contribution is 2.29. The predicted molar refractivity (Wildman–Crippen MR) is 157 cm³/mol. The molecule has 212 valence electrons. The lowest BCUT2D eigenvalue weighted by Crippen LogP contribution is -2.57. The maximum atomic E-state index is 14.3. The summed E-state index contributed by atoms with van der Waals surface area (Å²) < 4.78 is 5.48. The zero-order chi connectivity index (χ0) is 29.2. The zero-order valence-electron chi connectivity index (χ0n) is 24.5. The second-order valence-electron chi connectivity index (χ2n) is 11.0. The van der Waals surface area contributed by atoms with Gasteiger partial charge in [0, 0.05) is 12.6 Å². The first-order valence-corrected chi connectivity index (χ1v) is 13.8. The molecule has 0 bridgehead atoms. The molecule has 0 heterocycles. The third kappa shape index (κ3) is 9.27. The van der Waals surface area contributed by atoms with Gasteiger partial charge in [-0.2, -0.15) is 0 Å². The third-order valence-corrected chi connectivity index (χ3v) is 6.77. The van der Waals surface area contributed by atoms with Crippen LogP contribution in [0.2, 0.25) is 0 Å². The molecule has 0 aliphatic rings. The van der Waals surface area contributed by atoms with Crippen molar-refractivity contribution in [2.24, 2.45) is 5.92 Å². The van der Waals surface area contributed by atoms with E-state index in [1.165, 1.54) is 0 Å². The first-order chi connectivity index (χ1) is 18.4. The van der Waals surface area contributed by atoms with Crippen molar-refractivity contribution in [1.29, 1.82) is 0 Å². The Morgan fingerprint density at radius 3 is 2.23 bits per heavy atom. The quantitative estimate of drug-likeness (QED) is 0.336. The van der Waals surface area contributed by atoms with Crippen LogP contribution in [0.4, 0.5) is 4.79 Å². The number of benzene rings is 2. The molecule has 0 radical (unpaired) electrons. The van der Waals surface area contributed by atoms with Crippen LogP contribution in [0.15, 0.2) is 61.2 Å². The summed E-state index contributed by atoms with van der Waals surface area (Å²) in [5, 5.41) is 5.84. The molecule has 39 heavy (non-hydrogen) atoms. The normalized spacial score (nSPS) is 14.3. The minimum absolute atomic E-state index is 0.191. The van der Waals surface area contributed by atoms with Gasteiger partial charge in [0.1, 0.15) is 17.7 Å². The van der Waals surface area contributed by atoms with Crippen LogP contribution in [-0.4, -0.2) is 40.5 Å². The number of carbonyl (C=O) groups excluding carboxylic acids is 3. The van der Waals surface area contributed by atoms with Gasteiger partial charge in [0.15, 0.2) is 0 Å². The monoisotopic (exact) mass is 535 g/mol. The highest BCUT2D eigenvalue weighted by molar-refractivity contribution is 5.92. The standard InChI is InChI=1S/C32H45N3O4/c1-9-22(4)27(34-31(38)39-32(6,7)8)30(37)35(23(5)10-2)28(26-19-15-18-24(11-3)20-26)29(36)33-21-25-16-13-12-14-17-25/h11-20,22-23,27-28H,3,9-10,21H2,1-2,4-8H3,(H,33,36)(H,34,38). The van der Waals surface area contributed by atoms with Crippen LogP contribution in [0.1, 0.15) is 84.0 Å². The average molecular weight is 536 g/mol. The van der Waals surface area contributed by atoms with Gasteiger partial charge in [0.2, 0.25) is 11.8 Å². The summed E-state index contributed by atoms with van der Waals surface area (Å²) >= 11 is 0. The Kier molecular flexibility index (Phi) is 11.8. The van der Waals surface area contributed by atoms with E-state index in [0.717, 1.165) is 11.1 Å². The lowest BCUT2D eigenvalue weighted by atomic mass is 9.93. The molecular formula is C32H45N3O4. The molecule has 4 unspecified atom stereocenters. The van der Waals surface area contributed by atoms with E-state index < -0.39 is 23.8 Å². The lowest BCUT2D eigenvalue weighted by Gasteiger charge is -2.39. The number of nitrogens with one attached hydrogen (secondary N) is 2. The first kappa shape index (κ1) is 31.6. The van der Waals surface area contributed by atoms with E-state index in [4.69, 9.17) is 4.74 Å². The molecule has 0 saturated heterocycles. The molecule has 3 amide bonds. The number of hydrogen-bond acceptors (Lipinski definition) is 4. The molecule has 0 aliphatic carbocycles. The molecule has 4 atom stereocenters. The Labute approximate surface area is 234 Å². The van der Waals surface area contributed by atoms with E-state index in [9.17, 15) is 14.4 Å². The number of alkyl carbamates (subject to hydrolysis) is 1. The van der Waals surface area contributed by atoms with E-state index in [-0.39, 0.29) is 23.8 Å². The summed E-state index contributed by atoms with van der Waals surface area (Å²) in [6, 6.07) is 15.0. The Balaban J connectivity index is 2.55. The second-order valence-corrected chi connectivity index (χ2v) is 11.0. The van der Waals surface area contributed by atoms with E-state index in [0.29, 0.717) is 24.9 Å². The van der Waals surface area contributed by atoms with Gasteiger partial charge in [-0.1, -0.05) is 88.4 Å².